The van der Waals surface area contributed by atoms with Crippen LogP contribution < -0.4 is 5.32 Å². The van der Waals surface area contributed by atoms with Gasteiger partial charge in [-0.1, -0.05) is 26.0 Å². The second-order valence-corrected chi connectivity index (χ2v) is 11.9. The molecular weight excluding hydrogens is 500 g/mol. The number of rotatable bonds is 11. The maximum atomic E-state index is 13.4. The van der Waals surface area contributed by atoms with Crippen LogP contribution in [-0.2, 0) is 9.84 Å². The number of hydrogen-bond acceptors (Lipinski definition) is 6. The van der Waals surface area contributed by atoms with Gasteiger partial charge in [-0.05, 0) is 79.9 Å². The Balaban J connectivity index is 1.79. The minimum absolute atomic E-state index is 0.0113. The van der Waals surface area contributed by atoms with Gasteiger partial charge in [0.1, 0.15) is 5.65 Å². The number of nitrogens with zero attached hydrogens (tertiary/aromatic N) is 2. The van der Waals surface area contributed by atoms with E-state index in [9.17, 15) is 18.3 Å². The molecule has 2 heterocycles. The number of carbonyl (C=O) groups excluding carboxylic acids is 1. The van der Waals surface area contributed by atoms with Crippen molar-refractivity contribution < 1.29 is 18.3 Å². The zero-order valence-corrected chi connectivity index (χ0v) is 23.3. The molecule has 0 radical (unpaired) electrons. The molecule has 1 amide bonds. The third kappa shape index (κ3) is 5.60. The summed E-state index contributed by atoms with van der Waals surface area (Å²) in [7, 11) is -3.40. The summed E-state index contributed by atoms with van der Waals surface area (Å²) in [5, 5.41) is 14.1. The SMILES string of the molecule is CCN(CCO)CCCNC(=O)c1cc(-c2cccc(S(=O)(=O)CC)c2)c2c([nH]c3ncc(C)cc32)c1C. The van der Waals surface area contributed by atoms with Gasteiger partial charge in [0, 0.05) is 35.6 Å². The van der Waals surface area contributed by atoms with Gasteiger partial charge in [-0.3, -0.25) is 4.79 Å². The van der Waals surface area contributed by atoms with E-state index in [0.717, 1.165) is 58.1 Å². The van der Waals surface area contributed by atoms with Crippen molar-refractivity contribution in [3.63, 3.8) is 0 Å². The first-order valence-corrected chi connectivity index (χ1v) is 14.7. The highest BCUT2D eigenvalue weighted by atomic mass is 32.2. The molecular formula is C29H36N4O4S. The molecule has 0 aliphatic rings. The van der Waals surface area contributed by atoms with Crippen molar-refractivity contribution in [3.05, 3.63) is 59.3 Å². The van der Waals surface area contributed by atoms with Crippen LogP contribution in [0.2, 0.25) is 0 Å². The Bertz CT molecular complexity index is 1580. The Morgan fingerprint density at radius 3 is 2.63 bits per heavy atom. The zero-order chi connectivity index (χ0) is 27.4. The number of aryl methyl sites for hydroxylation is 2. The summed E-state index contributed by atoms with van der Waals surface area (Å²) >= 11 is 0. The number of nitrogens with one attached hydrogen (secondary N) is 2. The molecule has 9 heteroatoms. The first kappa shape index (κ1) is 27.8. The minimum Gasteiger partial charge on any atom is -0.395 e. The highest BCUT2D eigenvalue weighted by molar-refractivity contribution is 7.91. The number of hydrogen-bond donors (Lipinski definition) is 3. The molecule has 0 atom stereocenters. The maximum Gasteiger partial charge on any atom is 0.251 e. The third-order valence-electron chi connectivity index (χ3n) is 7.05. The van der Waals surface area contributed by atoms with Crippen LogP contribution in [0.3, 0.4) is 0 Å². The van der Waals surface area contributed by atoms with Gasteiger partial charge in [0.15, 0.2) is 9.84 Å². The van der Waals surface area contributed by atoms with Gasteiger partial charge in [-0.2, -0.15) is 0 Å². The molecule has 3 N–H and O–H groups in total. The van der Waals surface area contributed by atoms with E-state index in [2.05, 4.69) is 26.3 Å². The molecule has 2 aromatic carbocycles. The summed E-state index contributed by atoms with van der Waals surface area (Å²) in [5.41, 5.74) is 5.38. The fourth-order valence-corrected chi connectivity index (χ4v) is 5.78. The first-order valence-electron chi connectivity index (χ1n) is 13.1. The number of likely N-dealkylation sites (N-methyl/N-ethyl adjacent to an activating group) is 1. The molecule has 0 unspecified atom stereocenters. The van der Waals surface area contributed by atoms with Gasteiger partial charge in [-0.25, -0.2) is 13.4 Å². The van der Waals surface area contributed by atoms with Crippen molar-refractivity contribution in [2.24, 2.45) is 0 Å². The van der Waals surface area contributed by atoms with E-state index < -0.39 is 9.84 Å². The number of aromatic amines is 1. The number of pyridine rings is 1. The molecule has 8 nitrogen and oxygen atoms in total. The molecule has 0 saturated carbocycles. The second-order valence-electron chi connectivity index (χ2n) is 9.58. The number of sulfone groups is 1. The van der Waals surface area contributed by atoms with Crippen LogP contribution in [0.15, 0.2) is 47.5 Å². The Morgan fingerprint density at radius 2 is 1.92 bits per heavy atom. The van der Waals surface area contributed by atoms with Crippen LogP contribution in [0.4, 0.5) is 0 Å². The Kier molecular flexibility index (Phi) is 8.50. The molecule has 202 valence electrons. The summed E-state index contributed by atoms with van der Waals surface area (Å²) in [6, 6.07) is 10.8. The lowest BCUT2D eigenvalue weighted by atomic mass is 9.93. The average Bonchev–Trinajstić information content (AvgIpc) is 3.30. The number of carbonyl (C=O) groups is 1. The molecule has 0 aliphatic heterocycles. The second kappa shape index (κ2) is 11.6. The van der Waals surface area contributed by atoms with Crippen LogP contribution in [-0.4, -0.2) is 72.8 Å². The molecule has 0 spiro atoms. The number of fused-ring (bicyclic) bond motifs is 3. The highest BCUT2D eigenvalue weighted by Gasteiger charge is 2.21. The zero-order valence-electron chi connectivity index (χ0n) is 22.5. The third-order valence-corrected chi connectivity index (χ3v) is 8.79. The summed E-state index contributed by atoms with van der Waals surface area (Å²) in [6.07, 6.45) is 2.56. The lowest BCUT2D eigenvalue weighted by molar-refractivity contribution is 0.0950. The topological polar surface area (TPSA) is 115 Å². The van der Waals surface area contributed by atoms with Crippen LogP contribution in [0, 0.1) is 13.8 Å². The van der Waals surface area contributed by atoms with Gasteiger partial charge in [0.25, 0.3) is 5.91 Å². The van der Waals surface area contributed by atoms with Gasteiger partial charge < -0.3 is 20.3 Å². The fourth-order valence-electron chi connectivity index (χ4n) is 4.85. The number of aliphatic hydroxyl groups is 1. The van der Waals surface area contributed by atoms with Crippen molar-refractivity contribution in [1.29, 1.82) is 0 Å². The first-order chi connectivity index (χ1) is 18.2. The van der Waals surface area contributed by atoms with E-state index in [1.54, 1.807) is 31.3 Å². The Morgan fingerprint density at radius 1 is 1.13 bits per heavy atom. The van der Waals surface area contributed by atoms with Crippen molar-refractivity contribution in [1.82, 2.24) is 20.2 Å². The largest absolute Gasteiger partial charge is 0.395 e. The molecule has 0 saturated heterocycles. The number of amides is 1. The van der Waals surface area contributed by atoms with Gasteiger partial charge >= 0.3 is 0 Å². The van der Waals surface area contributed by atoms with Crippen molar-refractivity contribution >= 4 is 37.7 Å². The monoisotopic (exact) mass is 536 g/mol. The van der Waals surface area contributed by atoms with E-state index in [0.29, 0.717) is 24.3 Å². The van der Waals surface area contributed by atoms with E-state index in [4.69, 9.17) is 0 Å². The van der Waals surface area contributed by atoms with Crippen LogP contribution in [0.25, 0.3) is 33.1 Å². The molecule has 2 aromatic heterocycles. The predicted molar refractivity (Wildman–Crippen MR) is 152 cm³/mol. The number of H-pyrrole nitrogens is 1. The summed E-state index contributed by atoms with van der Waals surface area (Å²) in [5.74, 6) is -0.173. The summed E-state index contributed by atoms with van der Waals surface area (Å²) < 4.78 is 25.3. The number of aliphatic hydroxyl groups excluding tert-OH is 1. The normalized spacial score (nSPS) is 12.1. The van der Waals surface area contributed by atoms with Gasteiger partial charge in [0.2, 0.25) is 0 Å². The fraction of sp³-hybridized carbons (Fsp3) is 0.379. The lowest BCUT2D eigenvalue weighted by Crippen LogP contribution is -2.31. The van der Waals surface area contributed by atoms with Crippen molar-refractivity contribution in [2.45, 2.75) is 39.0 Å². The summed E-state index contributed by atoms with van der Waals surface area (Å²) in [4.78, 5) is 23.7. The van der Waals surface area contributed by atoms with E-state index in [1.165, 1.54) is 0 Å². The predicted octanol–water partition coefficient (Wildman–Crippen LogP) is 4.23. The molecule has 4 aromatic rings. The van der Waals surface area contributed by atoms with E-state index in [1.807, 2.05) is 32.9 Å². The molecule has 0 bridgehead atoms. The van der Waals surface area contributed by atoms with Crippen molar-refractivity contribution in [2.75, 3.05) is 38.5 Å². The molecule has 0 aliphatic carbocycles. The summed E-state index contributed by atoms with van der Waals surface area (Å²) in [6.45, 7) is 10.4. The Labute approximate surface area is 224 Å². The number of benzene rings is 2. The minimum atomic E-state index is -3.40. The highest BCUT2D eigenvalue weighted by Crippen LogP contribution is 2.38. The van der Waals surface area contributed by atoms with Crippen LogP contribution in [0.1, 0.15) is 41.8 Å². The smallest absolute Gasteiger partial charge is 0.251 e. The average molecular weight is 537 g/mol. The quantitative estimate of drug-likeness (QED) is 0.247. The van der Waals surface area contributed by atoms with Crippen molar-refractivity contribution in [3.8, 4) is 11.1 Å². The van der Waals surface area contributed by atoms with Gasteiger partial charge in [-0.15, -0.1) is 0 Å². The Hall–Kier alpha value is -3.27. The molecule has 38 heavy (non-hydrogen) atoms. The standard InChI is InChI=1S/C29H36N4O4S/c1-5-33(13-14-34)12-8-11-30-29(35)23-17-24(21-9-7-10-22(16-21)38(36,37)6-2)26-25-15-19(3)18-31-28(25)32-27(26)20(23)4/h7,9-10,15-18,34H,5-6,8,11-14H2,1-4H3,(H,30,35)(H,31,32). The number of aromatic nitrogens is 2. The van der Waals surface area contributed by atoms with Gasteiger partial charge in [0.05, 0.1) is 22.8 Å². The van der Waals surface area contributed by atoms with E-state index in [-0.39, 0.29) is 23.2 Å². The molecule has 4 rings (SSSR count). The van der Waals surface area contributed by atoms with Crippen LogP contribution >= 0.6 is 0 Å². The van der Waals surface area contributed by atoms with E-state index >= 15 is 0 Å². The maximum absolute atomic E-state index is 13.4. The lowest BCUT2D eigenvalue weighted by Gasteiger charge is -2.19. The molecule has 0 fully saturated rings. The van der Waals surface area contributed by atoms with Crippen LogP contribution in [0.5, 0.6) is 0 Å².